The Morgan fingerprint density at radius 3 is 2.14 bits per heavy atom. The highest BCUT2D eigenvalue weighted by Gasteiger charge is 2.23. The van der Waals surface area contributed by atoms with E-state index in [-0.39, 0.29) is 0 Å². The van der Waals surface area contributed by atoms with Gasteiger partial charge in [-0.15, -0.1) is 0 Å². The van der Waals surface area contributed by atoms with Crippen molar-refractivity contribution in [2.45, 2.75) is 66.2 Å². The van der Waals surface area contributed by atoms with Crippen molar-refractivity contribution < 1.29 is 0 Å². The fraction of sp³-hybridized carbons (Fsp3) is 0.857. The van der Waals surface area contributed by atoms with Crippen molar-refractivity contribution >= 4 is 0 Å². The Morgan fingerprint density at radius 1 is 0.786 bits per heavy atom. The summed E-state index contributed by atoms with van der Waals surface area (Å²) in [5.74, 6) is 0. The van der Waals surface area contributed by atoms with Gasteiger partial charge in [0.1, 0.15) is 0 Å². The van der Waals surface area contributed by atoms with Gasteiger partial charge < -0.3 is 0 Å². The van der Waals surface area contributed by atoms with Crippen LogP contribution in [0.25, 0.3) is 0 Å². The maximum absolute atomic E-state index is 2.42. The van der Waals surface area contributed by atoms with Crippen molar-refractivity contribution in [3.05, 3.63) is 12.2 Å². The summed E-state index contributed by atoms with van der Waals surface area (Å²) in [6, 6.07) is 0. The van der Waals surface area contributed by atoms with Gasteiger partial charge in [-0.2, -0.15) is 0 Å². The Balaban J connectivity index is 2.60. The molecule has 0 saturated carbocycles. The van der Waals surface area contributed by atoms with Gasteiger partial charge in [0.2, 0.25) is 0 Å². The highest BCUT2D eigenvalue weighted by Crippen LogP contribution is 2.37. The maximum atomic E-state index is 2.42. The largest absolute Gasteiger partial charge is 0.0885 e. The molecule has 0 fully saturated rings. The molecule has 0 spiro atoms. The van der Waals surface area contributed by atoms with Gasteiger partial charge in [0, 0.05) is 0 Å². The molecular formula is C14H26. The molecule has 0 heteroatoms. The fourth-order valence-electron chi connectivity index (χ4n) is 2.12. The zero-order valence-electron chi connectivity index (χ0n) is 10.4. The lowest BCUT2D eigenvalue weighted by Crippen LogP contribution is -2.18. The molecule has 0 aromatic carbocycles. The van der Waals surface area contributed by atoms with E-state index in [9.17, 15) is 0 Å². The van der Waals surface area contributed by atoms with Gasteiger partial charge in [-0.25, -0.2) is 0 Å². The first-order chi connectivity index (χ1) is 6.41. The minimum absolute atomic E-state index is 0.505. The molecule has 0 saturated heterocycles. The standard InChI is InChI=1S/C14H26/c1-13(2)9-7-5-6-8-10-14(3,4)12-11-13/h5,7H,6,8-12H2,1-4H3/b7-5+. The SMILES string of the molecule is CC1(C)C/C=C/CCCC(C)(C)CC1. The Hall–Kier alpha value is -0.260. The molecular weight excluding hydrogens is 168 g/mol. The number of hydrogen-bond donors (Lipinski definition) is 0. The van der Waals surface area contributed by atoms with Crippen LogP contribution in [0.3, 0.4) is 0 Å². The predicted molar refractivity (Wildman–Crippen MR) is 64.4 cm³/mol. The second-order valence-corrected chi connectivity index (χ2v) is 6.40. The summed E-state index contributed by atoms with van der Waals surface area (Å²) < 4.78 is 0. The second-order valence-electron chi connectivity index (χ2n) is 6.40. The van der Waals surface area contributed by atoms with Crippen molar-refractivity contribution in [3.63, 3.8) is 0 Å². The Kier molecular flexibility index (Phi) is 3.80. The zero-order valence-corrected chi connectivity index (χ0v) is 10.4. The van der Waals surface area contributed by atoms with Gasteiger partial charge in [0.15, 0.2) is 0 Å². The van der Waals surface area contributed by atoms with E-state index < -0.39 is 0 Å². The average molecular weight is 194 g/mol. The molecule has 0 N–H and O–H groups in total. The van der Waals surface area contributed by atoms with E-state index in [4.69, 9.17) is 0 Å². The van der Waals surface area contributed by atoms with Crippen LogP contribution in [0.5, 0.6) is 0 Å². The van der Waals surface area contributed by atoms with Gasteiger partial charge in [-0.05, 0) is 49.4 Å². The lowest BCUT2D eigenvalue weighted by Gasteiger charge is -2.31. The lowest BCUT2D eigenvalue weighted by molar-refractivity contribution is 0.223. The van der Waals surface area contributed by atoms with E-state index in [0.717, 1.165) is 0 Å². The van der Waals surface area contributed by atoms with Crippen LogP contribution in [-0.4, -0.2) is 0 Å². The van der Waals surface area contributed by atoms with Gasteiger partial charge >= 0.3 is 0 Å². The molecule has 0 aliphatic heterocycles. The molecule has 0 nitrogen and oxygen atoms in total. The summed E-state index contributed by atoms with van der Waals surface area (Å²) in [6.07, 6.45) is 12.8. The van der Waals surface area contributed by atoms with E-state index in [1.165, 1.54) is 38.5 Å². The van der Waals surface area contributed by atoms with Crippen molar-refractivity contribution in [1.82, 2.24) is 0 Å². The summed E-state index contributed by atoms with van der Waals surface area (Å²) in [6.45, 7) is 9.65. The average Bonchev–Trinajstić information content (AvgIpc) is 2.08. The number of rotatable bonds is 0. The van der Waals surface area contributed by atoms with Gasteiger partial charge in [0.25, 0.3) is 0 Å². The third-order valence-electron chi connectivity index (χ3n) is 3.54. The maximum Gasteiger partial charge on any atom is -0.0299 e. The van der Waals surface area contributed by atoms with Crippen LogP contribution in [0.1, 0.15) is 66.2 Å². The Labute approximate surface area is 89.8 Å². The minimum atomic E-state index is 0.505. The van der Waals surface area contributed by atoms with Crippen LogP contribution in [0.4, 0.5) is 0 Å². The molecule has 1 aliphatic carbocycles. The monoisotopic (exact) mass is 194 g/mol. The number of hydrogen-bond acceptors (Lipinski definition) is 0. The van der Waals surface area contributed by atoms with Crippen LogP contribution in [0.15, 0.2) is 12.2 Å². The van der Waals surface area contributed by atoms with E-state index in [0.29, 0.717) is 10.8 Å². The van der Waals surface area contributed by atoms with Gasteiger partial charge in [0.05, 0.1) is 0 Å². The molecule has 0 heterocycles. The Bertz CT molecular complexity index is 196. The Morgan fingerprint density at radius 2 is 1.43 bits per heavy atom. The molecule has 1 aliphatic rings. The van der Waals surface area contributed by atoms with Gasteiger partial charge in [-0.1, -0.05) is 39.8 Å². The van der Waals surface area contributed by atoms with Crippen LogP contribution in [0.2, 0.25) is 0 Å². The first-order valence-corrected chi connectivity index (χ1v) is 6.06. The van der Waals surface area contributed by atoms with E-state index in [1.54, 1.807) is 0 Å². The molecule has 1 rings (SSSR count). The molecule has 0 unspecified atom stereocenters. The fourth-order valence-corrected chi connectivity index (χ4v) is 2.12. The smallest absolute Gasteiger partial charge is 0.0299 e. The highest BCUT2D eigenvalue weighted by molar-refractivity contribution is 4.90. The molecule has 0 atom stereocenters. The van der Waals surface area contributed by atoms with Crippen LogP contribution < -0.4 is 0 Å². The van der Waals surface area contributed by atoms with Gasteiger partial charge in [-0.3, -0.25) is 0 Å². The number of allylic oxidation sites excluding steroid dienone is 2. The predicted octanol–water partition coefficient (Wildman–Crippen LogP) is 4.95. The molecule has 82 valence electrons. The minimum Gasteiger partial charge on any atom is -0.0885 e. The zero-order chi connectivity index (χ0) is 10.7. The summed E-state index contributed by atoms with van der Waals surface area (Å²) in [5, 5.41) is 0. The van der Waals surface area contributed by atoms with Crippen molar-refractivity contribution in [3.8, 4) is 0 Å². The van der Waals surface area contributed by atoms with E-state index in [2.05, 4.69) is 39.8 Å². The first-order valence-electron chi connectivity index (χ1n) is 6.06. The molecule has 0 radical (unpaired) electrons. The topological polar surface area (TPSA) is 0 Å². The van der Waals surface area contributed by atoms with E-state index >= 15 is 0 Å². The molecule has 0 aromatic rings. The molecule has 14 heavy (non-hydrogen) atoms. The first kappa shape index (κ1) is 11.8. The third kappa shape index (κ3) is 4.30. The van der Waals surface area contributed by atoms with Crippen LogP contribution >= 0.6 is 0 Å². The summed E-state index contributed by atoms with van der Waals surface area (Å²) in [5.41, 5.74) is 1.06. The third-order valence-corrected chi connectivity index (χ3v) is 3.54. The molecule has 0 bridgehead atoms. The van der Waals surface area contributed by atoms with Crippen LogP contribution in [0, 0.1) is 10.8 Å². The van der Waals surface area contributed by atoms with Crippen molar-refractivity contribution in [2.24, 2.45) is 10.8 Å². The molecule has 0 aromatic heterocycles. The quantitative estimate of drug-likeness (QED) is 0.479. The summed E-state index contributed by atoms with van der Waals surface area (Å²) in [4.78, 5) is 0. The highest BCUT2D eigenvalue weighted by atomic mass is 14.3. The van der Waals surface area contributed by atoms with Crippen molar-refractivity contribution in [2.75, 3.05) is 0 Å². The van der Waals surface area contributed by atoms with Crippen LogP contribution in [-0.2, 0) is 0 Å². The summed E-state index contributed by atoms with van der Waals surface area (Å²) in [7, 11) is 0. The normalized spacial score (nSPS) is 29.4. The summed E-state index contributed by atoms with van der Waals surface area (Å²) >= 11 is 0. The van der Waals surface area contributed by atoms with Crippen molar-refractivity contribution in [1.29, 1.82) is 0 Å². The van der Waals surface area contributed by atoms with E-state index in [1.807, 2.05) is 0 Å². The molecule has 0 amide bonds. The second kappa shape index (κ2) is 4.51. The lowest BCUT2D eigenvalue weighted by atomic mass is 9.74.